The van der Waals surface area contributed by atoms with Gasteiger partial charge in [-0.15, -0.1) is 0 Å². The molecule has 1 heterocycles. The van der Waals surface area contributed by atoms with E-state index in [1.807, 2.05) is 31.3 Å². The Bertz CT molecular complexity index is 666. The molecule has 0 aromatic heterocycles. The van der Waals surface area contributed by atoms with E-state index < -0.39 is 6.10 Å². The molecule has 1 aliphatic heterocycles. The van der Waals surface area contributed by atoms with E-state index >= 15 is 0 Å². The molecule has 4 nitrogen and oxygen atoms in total. The van der Waals surface area contributed by atoms with Crippen LogP contribution in [0.3, 0.4) is 0 Å². The van der Waals surface area contributed by atoms with Crippen molar-refractivity contribution < 1.29 is 9.90 Å². The van der Waals surface area contributed by atoms with Gasteiger partial charge in [-0.25, -0.2) is 0 Å². The van der Waals surface area contributed by atoms with Crippen molar-refractivity contribution in [3.05, 3.63) is 48.0 Å². The number of hydrogen-bond donors (Lipinski definition) is 2. The third kappa shape index (κ3) is 3.13. The predicted molar refractivity (Wildman–Crippen MR) is 87.4 cm³/mol. The number of hydrogen-bond acceptors (Lipinski definition) is 3. The minimum absolute atomic E-state index is 0.0630. The fourth-order valence-corrected chi connectivity index (χ4v) is 3.12. The number of piperidine rings is 1. The van der Waals surface area contributed by atoms with Crippen molar-refractivity contribution >= 4 is 16.7 Å². The molecule has 2 aromatic rings. The summed E-state index contributed by atoms with van der Waals surface area (Å²) in [6.07, 6.45) is 0.117. The summed E-state index contributed by atoms with van der Waals surface area (Å²) in [4.78, 5) is 14.5. The zero-order valence-corrected chi connectivity index (χ0v) is 12.8. The molecule has 0 bridgehead atoms. The maximum atomic E-state index is 12.4. The summed E-state index contributed by atoms with van der Waals surface area (Å²) in [5, 5.41) is 15.4. The van der Waals surface area contributed by atoms with E-state index in [2.05, 4.69) is 28.4 Å². The Kier molecular flexibility index (Phi) is 4.41. The predicted octanol–water partition coefficient (Wildman–Crippen LogP) is 1.77. The standard InChI is InChI=1S/C18H22N2O2/c1-20-10-9-17(21)16(12-20)18(22)19-11-14-7-4-6-13-5-2-3-8-15(13)14/h2-8,16-17,21H,9-12H2,1H3,(H,19,22)/t16-,17-/m1/s1. The number of likely N-dealkylation sites (tertiary alicyclic amines) is 1. The molecule has 1 aliphatic rings. The molecule has 2 N–H and O–H groups in total. The van der Waals surface area contributed by atoms with E-state index in [0.717, 1.165) is 17.5 Å². The Balaban J connectivity index is 1.70. The fourth-order valence-electron chi connectivity index (χ4n) is 3.12. The van der Waals surface area contributed by atoms with Gasteiger partial charge in [-0.05, 0) is 29.8 Å². The van der Waals surface area contributed by atoms with Gasteiger partial charge in [0.2, 0.25) is 5.91 Å². The number of amides is 1. The van der Waals surface area contributed by atoms with Gasteiger partial charge in [-0.3, -0.25) is 4.79 Å². The lowest BCUT2D eigenvalue weighted by Crippen LogP contribution is -2.48. The van der Waals surface area contributed by atoms with Crippen LogP contribution in [0.5, 0.6) is 0 Å². The average Bonchev–Trinajstić information content (AvgIpc) is 2.54. The number of carbonyl (C=O) groups is 1. The van der Waals surface area contributed by atoms with Gasteiger partial charge in [0.15, 0.2) is 0 Å². The summed E-state index contributed by atoms with van der Waals surface area (Å²) < 4.78 is 0. The molecular formula is C18H22N2O2. The first-order chi connectivity index (χ1) is 10.6. The molecule has 116 valence electrons. The number of nitrogens with zero attached hydrogens (tertiary/aromatic N) is 1. The molecule has 2 atom stereocenters. The highest BCUT2D eigenvalue weighted by molar-refractivity contribution is 5.86. The molecule has 2 aromatic carbocycles. The van der Waals surface area contributed by atoms with Gasteiger partial charge in [0.1, 0.15) is 0 Å². The number of rotatable bonds is 3. The molecule has 0 radical (unpaired) electrons. The number of benzene rings is 2. The second kappa shape index (κ2) is 6.46. The van der Waals surface area contributed by atoms with Crippen molar-refractivity contribution in [2.75, 3.05) is 20.1 Å². The van der Waals surface area contributed by atoms with E-state index in [4.69, 9.17) is 0 Å². The zero-order chi connectivity index (χ0) is 15.5. The van der Waals surface area contributed by atoms with Crippen molar-refractivity contribution in [3.8, 4) is 0 Å². The third-order valence-corrected chi connectivity index (χ3v) is 4.45. The van der Waals surface area contributed by atoms with E-state index in [1.165, 1.54) is 5.39 Å². The lowest BCUT2D eigenvalue weighted by atomic mass is 9.94. The monoisotopic (exact) mass is 298 g/mol. The highest BCUT2D eigenvalue weighted by atomic mass is 16.3. The number of carbonyl (C=O) groups excluding carboxylic acids is 1. The van der Waals surface area contributed by atoms with Gasteiger partial charge < -0.3 is 15.3 Å². The van der Waals surface area contributed by atoms with Crippen molar-refractivity contribution in [2.45, 2.75) is 19.1 Å². The number of nitrogens with one attached hydrogen (secondary N) is 1. The van der Waals surface area contributed by atoms with Gasteiger partial charge in [0.05, 0.1) is 12.0 Å². The first-order valence-electron chi connectivity index (χ1n) is 7.76. The summed E-state index contributed by atoms with van der Waals surface area (Å²) >= 11 is 0. The average molecular weight is 298 g/mol. The lowest BCUT2D eigenvalue weighted by molar-refractivity contribution is -0.131. The summed E-state index contributed by atoms with van der Waals surface area (Å²) in [6.45, 7) is 1.95. The minimum atomic E-state index is -0.538. The molecule has 1 saturated heterocycles. The van der Waals surface area contributed by atoms with Gasteiger partial charge >= 0.3 is 0 Å². The second-order valence-corrected chi connectivity index (χ2v) is 6.08. The Morgan fingerprint density at radius 2 is 2.05 bits per heavy atom. The fraction of sp³-hybridized carbons (Fsp3) is 0.389. The van der Waals surface area contributed by atoms with Crippen molar-refractivity contribution in [3.63, 3.8) is 0 Å². The first kappa shape index (κ1) is 15.0. The Morgan fingerprint density at radius 1 is 1.27 bits per heavy atom. The first-order valence-corrected chi connectivity index (χ1v) is 7.76. The van der Waals surface area contributed by atoms with Gasteiger partial charge in [-0.2, -0.15) is 0 Å². The molecule has 4 heteroatoms. The summed E-state index contributed by atoms with van der Waals surface area (Å²) in [7, 11) is 1.98. The van der Waals surface area contributed by atoms with Crippen LogP contribution in [0.1, 0.15) is 12.0 Å². The molecule has 0 saturated carbocycles. The van der Waals surface area contributed by atoms with E-state index in [0.29, 0.717) is 19.5 Å². The van der Waals surface area contributed by atoms with Crippen molar-refractivity contribution in [2.24, 2.45) is 5.92 Å². The Labute approximate surface area is 130 Å². The topological polar surface area (TPSA) is 52.6 Å². The van der Waals surface area contributed by atoms with Crippen LogP contribution in [0.2, 0.25) is 0 Å². The smallest absolute Gasteiger partial charge is 0.227 e. The maximum Gasteiger partial charge on any atom is 0.227 e. The number of fused-ring (bicyclic) bond motifs is 1. The molecule has 22 heavy (non-hydrogen) atoms. The van der Waals surface area contributed by atoms with Crippen LogP contribution >= 0.6 is 0 Å². The number of aliphatic hydroxyl groups is 1. The van der Waals surface area contributed by atoms with Crippen LogP contribution in [-0.4, -0.2) is 42.2 Å². The molecule has 1 amide bonds. The van der Waals surface area contributed by atoms with E-state index in [1.54, 1.807) is 0 Å². The summed E-state index contributed by atoms with van der Waals surface area (Å²) in [5.41, 5.74) is 1.10. The van der Waals surface area contributed by atoms with Crippen molar-refractivity contribution in [1.82, 2.24) is 10.2 Å². The Hall–Kier alpha value is -1.91. The van der Waals surface area contributed by atoms with E-state index in [-0.39, 0.29) is 11.8 Å². The largest absolute Gasteiger partial charge is 0.392 e. The third-order valence-electron chi connectivity index (χ3n) is 4.45. The van der Waals surface area contributed by atoms with Crippen LogP contribution in [0, 0.1) is 5.92 Å². The zero-order valence-electron chi connectivity index (χ0n) is 12.8. The second-order valence-electron chi connectivity index (χ2n) is 6.08. The van der Waals surface area contributed by atoms with Gasteiger partial charge in [0.25, 0.3) is 0 Å². The van der Waals surface area contributed by atoms with E-state index in [9.17, 15) is 9.90 Å². The summed E-state index contributed by atoms with van der Waals surface area (Å²) in [5.74, 6) is -0.402. The Morgan fingerprint density at radius 3 is 2.91 bits per heavy atom. The van der Waals surface area contributed by atoms with Crippen LogP contribution < -0.4 is 5.32 Å². The lowest BCUT2D eigenvalue weighted by Gasteiger charge is -2.32. The minimum Gasteiger partial charge on any atom is -0.392 e. The molecule has 0 aliphatic carbocycles. The normalized spacial score (nSPS) is 22.6. The number of aliphatic hydroxyl groups excluding tert-OH is 1. The van der Waals surface area contributed by atoms with Crippen LogP contribution in [-0.2, 0) is 11.3 Å². The van der Waals surface area contributed by atoms with Gasteiger partial charge in [-0.1, -0.05) is 42.5 Å². The SMILES string of the molecule is CN1CC[C@@H](O)[C@H](C(=O)NCc2cccc3ccccc23)C1. The quantitative estimate of drug-likeness (QED) is 0.908. The molecule has 1 fully saturated rings. The molecule has 0 unspecified atom stereocenters. The van der Waals surface area contributed by atoms with Crippen LogP contribution in [0.25, 0.3) is 10.8 Å². The van der Waals surface area contributed by atoms with Gasteiger partial charge in [0, 0.05) is 19.6 Å². The highest BCUT2D eigenvalue weighted by Gasteiger charge is 2.31. The van der Waals surface area contributed by atoms with Crippen LogP contribution in [0.15, 0.2) is 42.5 Å². The summed E-state index contributed by atoms with van der Waals surface area (Å²) in [6, 6.07) is 14.3. The molecule has 3 rings (SSSR count). The highest BCUT2D eigenvalue weighted by Crippen LogP contribution is 2.19. The van der Waals surface area contributed by atoms with Crippen molar-refractivity contribution in [1.29, 1.82) is 0 Å². The molecule has 0 spiro atoms. The molecular weight excluding hydrogens is 276 g/mol. The van der Waals surface area contributed by atoms with Crippen LogP contribution in [0.4, 0.5) is 0 Å². The maximum absolute atomic E-state index is 12.4.